The molecule has 2 rings (SSSR count). The van der Waals surface area contributed by atoms with Gasteiger partial charge in [-0.2, -0.15) is 0 Å². The van der Waals surface area contributed by atoms with Crippen LogP contribution in [-0.4, -0.2) is 4.57 Å². The summed E-state index contributed by atoms with van der Waals surface area (Å²) in [7, 11) is 0. The van der Waals surface area contributed by atoms with Crippen molar-refractivity contribution >= 4 is 10.9 Å². The highest BCUT2D eigenvalue weighted by molar-refractivity contribution is 5.82. The fraction of sp³-hybridized carbons (Fsp3) is 0.467. The molecule has 0 aliphatic rings. The molecule has 0 saturated heterocycles. The van der Waals surface area contributed by atoms with Gasteiger partial charge in [0.05, 0.1) is 0 Å². The molecule has 16 heavy (non-hydrogen) atoms. The van der Waals surface area contributed by atoms with Crippen LogP contribution in [0.25, 0.3) is 10.9 Å². The number of rotatable bonds is 4. The first-order valence-electron chi connectivity index (χ1n) is 6.35. The van der Waals surface area contributed by atoms with Crippen LogP contribution in [0.4, 0.5) is 0 Å². The van der Waals surface area contributed by atoms with Gasteiger partial charge < -0.3 is 4.57 Å². The Labute approximate surface area is 98.1 Å². The van der Waals surface area contributed by atoms with Crippen LogP contribution in [0, 0.1) is 6.92 Å². The largest absolute Gasteiger partial charge is 0.345 e. The lowest BCUT2D eigenvalue weighted by Crippen LogP contribution is -1.99. The number of fused-ring (bicyclic) bond motifs is 1. The van der Waals surface area contributed by atoms with E-state index in [0.717, 1.165) is 13.0 Å². The zero-order chi connectivity index (χ0) is 11.5. The summed E-state index contributed by atoms with van der Waals surface area (Å²) in [6.07, 6.45) is 3.64. The first-order valence-corrected chi connectivity index (χ1v) is 6.35. The molecule has 0 amide bonds. The van der Waals surface area contributed by atoms with Gasteiger partial charge in [-0.15, -0.1) is 0 Å². The number of benzene rings is 1. The van der Waals surface area contributed by atoms with Crippen LogP contribution in [0.15, 0.2) is 24.3 Å². The second-order valence-corrected chi connectivity index (χ2v) is 4.54. The van der Waals surface area contributed by atoms with E-state index in [9.17, 15) is 0 Å². The Kier molecular flexibility index (Phi) is 3.33. The molecule has 1 heterocycles. The average molecular weight is 215 g/mol. The molecule has 0 spiro atoms. The third-order valence-electron chi connectivity index (χ3n) is 3.32. The van der Waals surface area contributed by atoms with Gasteiger partial charge in [-0.05, 0) is 42.8 Å². The monoisotopic (exact) mass is 215 g/mol. The zero-order valence-electron chi connectivity index (χ0n) is 10.6. The smallest absolute Gasteiger partial charge is 0.0485 e. The SMILES string of the molecule is CCCCn1c(C)cc2ccc(CC)cc21. The molecule has 1 heteroatoms. The van der Waals surface area contributed by atoms with Gasteiger partial charge in [-0.25, -0.2) is 0 Å². The quantitative estimate of drug-likeness (QED) is 0.716. The maximum atomic E-state index is 2.46. The minimum absolute atomic E-state index is 1.12. The Bertz CT molecular complexity index is 479. The molecule has 0 fully saturated rings. The van der Waals surface area contributed by atoms with Gasteiger partial charge in [0.15, 0.2) is 0 Å². The fourth-order valence-corrected chi connectivity index (χ4v) is 2.27. The normalized spacial score (nSPS) is 11.2. The van der Waals surface area contributed by atoms with Gasteiger partial charge in [-0.1, -0.05) is 32.4 Å². The summed E-state index contributed by atoms with van der Waals surface area (Å²) in [5.74, 6) is 0. The Balaban J connectivity index is 2.48. The predicted octanol–water partition coefficient (Wildman–Crippen LogP) is 4.31. The van der Waals surface area contributed by atoms with Crippen LogP contribution in [0.2, 0.25) is 0 Å². The van der Waals surface area contributed by atoms with Crippen molar-refractivity contribution in [2.24, 2.45) is 0 Å². The summed E-state index contributed by atoms with van der Waals surface area (Å²) in [6.45, 7) is 7.83. The van der Waals surface area contributed by atoms with E-state index in [-0.39, 0.29) is 0 Å². The molecule has 0 aliphatic carbocycles. The van der Waals surface area contributed by atoms with Crippen molar-refractivity contribution in [3.63, 3.8) is 0 Å². The Morgan fingerprint density at radius 3 is 2.62 bits per heavy atom. The Morgan fingerprint density at radius 2 is 1.94 bits per heavy atom. The lowest BCUT2D eigenvalue weighted by atomic mass is 10.1. The number of aryl methyl sites for hydroxylation is 3. The molecule has 2 aromatic rings. The highest BCUT2D eigenvalue weighted by Gasteiger charge is 2.05. The molecule has 0 N–H and O–H groups in total. The topological polar surface area (TPSA) is 4.93 Å². The third-order valence-corrected chi connectivity index (χ3v) is 3.32. The molecular weight excluding hydrogens is 194 g/mol. The summed E-state index contributed by atoms with van der Waals surface area (Å²) < 4.78 is 2.46. The highest BCUT2D eigenvalue weighted by Crippen LogP contribution is 2.21. The first kappa shape index (κ1) is 11.3. The van der Waals surface area contributed by atoms with E-state index in [2.05, 4.69) is 49.6 Å². The summed E-state index contributed by atoms with van der Waals surface area (Å²) in [6, 6.07) is 9.14. The molecule has 1 aromatic heterocycles. The van der Waals surface area contributed by atoms with E-state index in [1.165, 1.54) is 35.0 Å². The van der Waals surface area contributed by atoms with E-state index in [0.29, 0.717) is 0 Å². The molecule has 0 atom stereocenters. The summed E-state index contributed by atoms with van der Waals surface area (Å²) in [5.41, 5.74) is 4.23. The predicted molar refractivity (Wildman–Crippen MR) is 71.0 cm³/mol. The average Bonchev–Trinajstić information content (AvgIpc) is 2.61. The van der Waals surface area contributed by atoms with Crippen LogP contribution in [0.1, 0.15) is 37.9 Å². The molecule has 1 aromatic carbocycles. The van der Waals surface area contributed by atoms with Crippen molar-refractivity contribution in [2.45, 2.75) is 46.6 Å². The van der Waals surface area contributed by atoms with Gasteiger partial charge >= 0.3 is 0 Å². The van der Waals surface area contributed by atoms with E-state index < -0.39 is 0 Å². The number of unbranched alkanes of at least 4 members (excludes halogenated alkanes) is 1. The van der Waals surface area contributed by atoms with Crippen LogP contribution in [-0.2, 0) is 13.0 Å². The summed E-state index contributed by atoms with van der Waals surface area (Å²) in [5, 5.41) is 1.38. The number of aromatic nitrogens is 1. The molecule has 0 unspecified atom stereocenters. The highest BCUT2D eigenvalue weighted by atomic mass is 15.0. The van der Waals surface area contributed by atoms with Crippen molar-refractivity contribution in [1.82, 2.24) is 4.57 Å². The lowest BCUT2D eigenvalue weighted by Gasteiger charge is -2.07. The molecule has 1 nitrogen and oxygen atoms in total. The fourth-order valence-electron chi connectivity index (χ4n) is 2.27. The van der Waals surface area contributed by atoms with Crippen molar-refractivity contribution in [3.05, 3.63) is 35.5 Å². The zero-order valence-corrected chi connectivity index (χ0v) is 10.6. The van der Waals surface area contributed by atoms with Crippen molar-refractivity contribution in [1.29, 1.82) is 0 Å². The van der Waals surface area contributed by atoms with Gasteiger partial charge in [0.2, 0.25) is 0 Å². The van der Waals surface area contributed by atoms with Crippen molar-refractivity contribution < 1.29 is 0 Å². The number of hydrogen-bond donors (Lipinski definition) is 0. The van der Waals surface area contributed by atoms with E-state index in [1.54, 1.807) is 0 Å². The maximum absolute atomic E-state index is 2.46. The van der Waals surface area contributed by atoms with Crippen molar-refractivity contribution in [2.75, 3.05) is 0 Å². The third kappa shape index (κ3) is 1.99. The second-order valence-electron chi connectivity index (χ2n) is 4.54. The minimum atomic E-state index is 1.12. The summed E-state index contributed by atoms with van der Waals surface area (Å²) >= 11 is 0. The molecule has 86 valence electrons. The van der Waals surface area contributed by atoms with Crippen LogP contribution in [0.3, 0.4) is 0 Å². The molecule has 0 saturated carbocycles. The molecule has 0 bridgehead atoms. The van der Waals surface area contributed by atoms with E-state index in [4.69, 9.17) is 0 Å². The van der Waals surface area contributed by atoms with E-state index >= 15 is 0 Å². The standard InChI is InChI=1S/C15H21N/c1-4-6-9-16-12(3)10-14-8-7-13(5-2)11-15(14)16/h7-8,10-11H,4-6,9H2,1-3H3. The van der Waals surface area contributed by atoms with Gasteiger partial charge in [0.1, 0.15) is 0 Å². The van der Waals surface area contributed by atoms with Gasteiger partial charge in [0, 0.05) is 17.8 Å². The Morgan fingerprint density at radius 1 is 1.12 bits per heavy atom. The van der Waals surface area contributed by atoms with Crippen LogP contribution in [0.5, 0.6) is 0 Å². The first-order chi connectivity index (χ1) is 7.76. The second kappa shape index (κ2) is 4.73. The maximum Gasteiger partial charge on any atom is 0.0485 e. The van der Waals surface area contributed by atoms with Crippen LogP contribution < -0.4 is 0 Å². The number of hydrogen-bond acceptors (Lipinski definition) is 0. The molecule has 0 aliphatic heterocycles. The summed E-state index contributed by atoms with van der Waals surface area (Å²) in [4.78, 5) is 0. The Hall–Kier alpha value is -1.24. The van der Waals surface area contributed by atoms with Gasteiger partial charge in [0.25, 0.3) is 0 Å². The lowest BCUT2D eigenvalue weighted by molar-refractivity contribution is 0.637. The van der Waals surface area contributed by atoms with Gasteiger partial charge in [-0.3, -0.25) is 0 Å². The molecule has 0 radical (unpaired) electrons. The van der Waals surface area contributed by atoms with Crippen LogP contribution >= 0.6 is 0 Å². The number of nitrogens with zero attached hydrogens (tertiary/aromatic N) is 1. The minimum Gasteiger partial charge on any atom is -0.345 e. The van der Waals surface area contributed by atoms with E-state index in [1.807, 2.05) is 0 Å². The molecular formula is C15H21N. The van der Waals surface area contributed by atoms with Crippen molar-refractivity contribution in [3.8, 4) is 0 Å².